The number of fused-ring (bicyclic) bond motifs is 1. The number of rotatable bonds is 5. The average molecular weight is 335 g/mol. The lowest BCUT2D eigenvalue weighted by Crippen LogP contribution is -2.25. The zero-order chi connectivity index (χ0) is 17.6. The Morgan fingerprint density at radius 2 is 1.96 bits per heavy atom. The van der Waals surface area contributed by atoms with Gasteiger partial charge in [0.25, 0.3) is 11.5 Å². The first kappa shape index (κ1) is 16.4. The number of nitrogens with one attached hydrogen (secondary N) is 2. The fraction of sp³-hybridized carbons (Fsp3) is 0.105. The topological polar surface area (TPSA) is 83.5 Å². The normalized spacial score (nSPS) is 10.9. The largest absolute Gasteiger partial charge is 0.483 e. The summed E-state index contributed by atoms with van der Waals surface area (Å²) < 4.78 is 5.43. The van der Waals surface area contributed by atoms with E-state index in [0.717, 1.165) is 16.5 Å². The van der Waals surface area contributed by atoms with Crippen molar-refractivity contribution in [1.29, 1.82) is 0 Å². The molecule has 1 heterocycles. The number of aryl methyl sites for hydroxylation is 1. The van der Waals surface area contributed by atoms with Crippen molar-refractivity contribution >= 4 is 23.0 Å². The second-order valence-electron chi connectivity index (χ2n) is 5.49. The minimum absolute atomic E-state index is 0.156. The summed E-state index contributed by atoms with van der Waals surface area (Å²) >= 11 is 0. The molecule has 0 saturated heterocycles. The highest BCUT2D eigenvalue weighted by atomic mass is 16.5. The number of hydrazone groups is 1. The van der Waals surface area contributed by atoms with Crippen molar-refractivity contribution in [3.05, 3.63) is 76.1 Å². The lowest BCUT2D eigenvalue weighted by Gasteiger charge is -2.07. The van der Waals surface area contributed by atoms with Gasteiger partial charge < -0.3 is 9.72 Å². The summed E-state index contributed by atoms with van der Waals surface area (Å²) in [5.41, 5.74) is 4.13. The fourth-order valence-corrected chi connectivity index (χ4v) is 2.33. The summed E-state index contributed by atoms with van der Waals surface area (Å²) in [6.07, 6.45) is 1.32. The van der Waals surface area contributed by atoms with E-state index in [4.69, 9.17) is 4.74 Å². The van der Waals surface area contributed by atoms with Crippen molar-refractivity contribution in [2.75, 3.05) is 6.61 Å². The molecule has 2 N–H and O–H groups in total. The van der Waals surface area contributed by atoms with Gasteiger partial charge in [0, 0.05) is 5.52 Å². The van der Waals surface area contributed by atoms with Gasteiger partial charge in [0.05, 0.1) is 11.8 Å². The lowest BCUT2D eigenvalue weighted by atomic mass is 10.2. The zero-order valence-corrected chi connectivity index (χ0v) is 13.7. The van der Waals surface area contributed by atoms with Gasteiger partial charge in [-0.2, -0.15) is 5.10 Å². The van der Waals surface area contributed by atoms with Crippen LogP contribution in [0.2, 0.25) is 0 Å². The molecule has 0 fully saturated rings. The molecule has 0 aliphatic rings. The van der Waals surface area contributed by atoms with Gasteiger partial charge in [-0.15, -0.1) is 0 Å². The maximum absolute atomic E-state index is 12.0. The number of amides is 1. The van der Waals surface area contributed by atoms with Crippen LogP contribution in [-0.4, -0.2) is 23.7 Å². The number of carbonyl (C=O) groups is 1. The van der Waals surface area contributed by atoms with Crippen molar-refractivity contribution in [2.45, 2.75) is 6.92 Å². The molecule has 6 nitrogen and oxygen atoms in total. The molecule has 0 radical (unpaired) electrons. The Balaban J connectivity index is 1.61. The number of nitrogens with zero attached hydrogens (tertiary/aromatic N) is 1. The molecule has 1 amide bonds. The Hall–Kier alpha value is -3.41. The third-order valence-electron chi connectivity index (χ3n) is 3.63. The number of aromatic amines is 1. The number of carbonyl (C=O) groups excluding carboxylic acids is 1. The molecule has 0 spiro atoms. The van der Waals surface area contributed by atoms with E-state index in [9.17, 15) is 9.59 Å². The van der Waals surface area contributed by atoms with Gasteiger partial charge in [0.1, 0.15) is 5.75 Å². The van der Waals surface area contributed by atoms with E-state index in [1.54, 1.807) is 12.1 Å². The Labute approximate surface area is 144 Å². The second kappa shape index (κ2) is 7.44. The van der Waals surface area contributed by atoms with Crippen molar-refractivity contribution in [2.24, 2.45) is 5.10 Å². The highest BCUT2D eigenvalue weighted by Gasteiger charge is 2.04. The highest BCUT2D eigenvalue weighted by molar-refractivity contribution is 5.88. The van der Waals surface area contributed by atoms with Crippen LogP contribution >= 0.6 is 0 Å². The number of ether oxygens (including phenoxy) is 1. The van der Waals surface area contributed by atoms with E-state index in [1.165, 1.54) is 6.21 Å². The first-order valence-electron chi connectivity index (χ1n) is 7.76. The van der Waals surface area contributed by atoms with Crippen LogP contribution in [0.5, 0.6) is 5.75 Å². The van der Waals surface area contributed by atoms with Gasteiger partial charge in [-0.25, -0.2) is 5.43 Å². The van der Waals surface area contributed by atoms with E-state index in [1.807, 2.05) is 49.4 Å². The minimum Gasteiger partial charge on any atom is -0.483 e. The lowest BCUT2D eigenvalue weighted by molar-refractivity contribution is -0.123. The van der Waals surface area contributed by atoms with E-state index in [-0.39, 0.29) is 12.2 Å². The maximum Gasteiger partial charge on any atom is 0.277 e. The minimum atomic E-state index is -0.406. The monoisotopic (exact) mass is 335 g/mol. The number of H-pyrrole nitrogens is 1. The summed E-state index contributed by atoms with van der Waals surface area (Å²) in [5, 5.41) is 4.71. The average Bonchev–Trinajstić information content (AvgIpc) is 2.61. The van der Waals surface area contributed by atoms with Gasteiger partial charge in [-0.3, -0.25) is 9.59 Å². The molecule has 0 saturated carbocycles. The standard InChI is InChI=1S/C19H17N3O3/c1-13-6-2-5-9-17(13)25-12-18(23)22-20-11-15-10-14-7-3-4-8-16(14)21-19(15)24/h2-11H,12H2,1H3,(H,21,24)(H,22,23)/b20-11+. The third-order valence-corrected chi connectivity index (χ3v) is 3.63. The summed E-state index contributed by atoms with van der Waals surface area (Å²) in [7, 11) is 0. The summed E-state index contributed by atoms with van der Waals surface area (Å²) in [6, 6.07) is 16.6. The molecule has 3 rings (SSSR count). The Morgan fingerprint density at radius 1 is 1.20 bits per heavy atom. The first-order chi connectivity index (χ1) is 12.1. The molecule has 25 heavy (non-hydrogen) atoms. The Morgan fingerprint density at radius 3 is 2.80 bits per heavy atom. The maximum atomic E-state index is 12.0. The SMILES string of the molecule is Cc1ccccc1OCC(=O)N/N=C/c1cc2ccccc2[nH]c1=O. The first-order valence-corrected chi connectivity index (χ1v) is 7.76. The van der Waals surface area contributed by atoms with Crippen LogP contribution in [0.15, 0.2) is 64.5 Å². The smallest absolute Gasteiger partial charge is 0.277 e. The van der Waals surface area contributed by atoms with Crippen LogP contribution in [-0.2, 0) is 4.79 Å². The molecule has 0 bridgehead atoms. The molecule has 2 aromatic carbocycles. The highest BCUT2D eigenvalue weighted by Crippen LogP contribution is 2.15. The van der Waals surface area contributed by atoms with Gasteiger partial charge in [0.15, 0.2) is 6.61 Å². The third kappa shape index (κ3) is 4.11. The fourth-order valence-electron chi connectivity index (χ4n) is 2.33. The second-order valence-corrected chi connectivity index (χ2v) is 5.49. The number of hydrogen-bond donors (Lipinski definition) is 2. The zero-order valence-electron chi connectivity index (χ0n) is 13.7. The molecule has 0 unspecified atom stereocenters. The van der Waals surface area contributed by atoms with Crippen LogP contribution < -0.4 is 15.7 Å². The van der Waals surface area contributed by atoms with Crippen molar-refractivity contribution in [1.82, 2.24) is 10.4 Å². The number of aromatic nitrogens is 1. The molecule has 126 valence electrons. The predicted molar refractivity (Wildman–Crippen MR) is 97.0 cm³/mol. The summed E-state index contributed by atoms with van der Waals surface area (Å²) in [4.78, 5) is 26.5. The van der Waals surface area contributed by atoms with E-state index < -0.39 is 5.91 Å². The van der Waals surface area contributed by atoms with Crippen LogP contribution in [0.3, 0.4) is 0 Å². The van der Waals surface area contributed by atoms with Crippen molar-refractivity contribution in [3.8, 4) is 5.75 Å². The van der Waals surface area contributed by atoms with Crippen LogP contribution in [0.1, 0.15) is 11.1 Å². The quantitative estimate of drug-likeness (QED) is 0.554. The molecular formula is C19H17N3O3. The molecule has 1 aromatic heterocycles. The summed E-state index contributed by atoms with van der Waals surface area (Å²) in [6.45, 7) is 1.74. The van der Waals surface area contributed by atoms with Crippen LogP contribution in [0.4, 0.5) is 0 Å². The Bertz CT molecular complexity index is 992. The molecule has 0 atom stereocenters. The number of pyridine rings is 1. The predicted octanol–water partition coefficient (Wildman–Crippen LogP) is 2.37. The number of para-hydroxylation sites is 2. The van der Waals surface area contributed by atoms with Crippen molar-refractivity contribution < 1.29 is 9.53 Å². The van der Waals surface area contributed by atoms with E-state index in [2.05, 4.69) is 15.5 Å². The van der Waals surface area contributed by atoms with Gasteiger partial charge >= 0.3 is 0 Å². The number of benzene rings is 2. The molecule has 6 heteroatoms. The van der Waals surface area contributed by atoms with Crippen LogP contribution in [0.25, 0.3) is 10.9 Å². The summed E-state index contributed by atoms with van der Waals surface area (Å²) in [5.74, 6) is 0.240. The van der Waals surface area contributed by atoms with E-state index in [0.29, 0.717) is 11.3 Å². The molecule has 3 aromatic rings. The van der Waals surface area contributed by atoms with Crippen molar-refractivity contribution in [3.63, 3.8) is 0 Å². The van der Waals surface area contributed by atoms with Gasteiger partial charge in [-0.1, -0.05) is 36.4 Å². The molecule has 0 aliphatic heterocycles. The van der Waals surface area contributed by atoms with Crippen LogP contribution in [0, 0.1) is 6.92 Å². The Kier molecular flexibility index (Phi) is 4.89. The van der Waals surface area contributed by atoms with Gasteiger partial charge in [-0.05, 0) is 36.1 Å². The number of hydrogen-bond acceptors (Lipinski definition) is 4. The molecule has 0 aliphatic carbocycles. The molecular weight excluding hydrogens is 318 g/mol. The van der Waals surface area contributed by atoms with E-state index >= 15 is 0 Å². The van der Waals surface area contributed by atoms with Gasteiger partial charge in [0.2, 0.25) is 0 Å².